The fraction of sp³-hybridized carbons (Fsp3) is 0.792. The Labute approximate surface area is 205 Å². The number of carbonyl (C=O) groups is 3. The number of nitrogens with one attached hydrogen (secondary N) is 2. The summed E-state index contributed by atoms with van der Waals surface area (Å²) < 4.78 is 11.6. The van der Waals surface area contributed by atoms with E-state index in [1.54, 1.807) is 13.8 Å². The molecular weight excluding hydrogens is 460 g/mol. The Kier molecular flexibility index (Phi) is 6.70. The number of rotatable bonds is 4. The Balaban J connectivity index is 2.13. The molecule has 0 aromatic heterocycles. The van der Waals surface area contributed by atoms with Crippen molar-refractivity contribution in [3.8, 4) is 0 Å². The van der Waals surface area contributed by atoms with Gasteiger partial charge in [0.2, 0.25) is 5.79 Å². The molecule has 11 nitrogen and oxygen atoms in total. The van der Waals surface area contributed by atoms with Gasteiger partial charge < -0.3 is 34.9 Å². The van der Waals surface area contributed by atoms with Gasteiger partial charge in [-0.3, -0.25) is 4.79 Å². The molecule has 11 heteroatoms. The van der Waals surface area contributed by atoms with Crippen molar-refractivity contribution < 1.29 is 44.0 Å². The second kappa shape index (κ2) is 8.52. The van der Waals surface area contributed by atoms with Crippen molar-refractivity contribution in [2.45, 2.75) is 89.0 Å². The third-order valence-corrected chi connectivity index (χ3v) is 8.73. The van der Waals surface area contributed by atoms with Gasteiger partial charge in [0.25, 0.3) is 0 Å². The fourth-order valence-electron chi connectivity index (χ4n) is 6.65. The second-order valence-corrected chi connectivity index (χ2v) is 11.3. The van der Waals surface area contributed by atoms with Crippen LogP contribution in [0.4, 0.5) is 4.79 Å². The Hall–Kier alpha value is -2.05. The van der Waals surface area contributed by atoms with Crippen molar-refractivity contribution in [1.82, 2.24) is 10.8 Å². The summed E-state index contributed by atoms with van der Waals surface area (Å²) in [5.41, 5.74) is -6.14. The molecule has 3 fully saturated rings. The van der Waals surface area contributed by atoms with E-state index in [1.165, 1.54) is 20.0 Å². The van der Waals surface area contributed by atoms with E-state index in [0.717, 1.165) is 0 Å². The molecule has 0 spiro atoms. The average Bonchev–Trinajstić information content (AvgIpc) is 2.76. The quantitative estimate of drug-likeness (QED) is 0.212. The number of carbonyl (C=O) groups excluding carboxylic acids is 3. The van der Waals surface area contributed by atoms with Crippen LogP contribution < -0.4 is 10.8 Å². The maximum Gasteiger partial charge on any atom is 0.443 e. The van der Waals surface area contributed by atoms with Crippen LogP contribution in [0.3, 0.4) is 0 Å². The number of amides is 1. The van der Waals surface area contributed by atoms with Crippen LogP contribution in [0.1, 0.15) is 60.3 Å². The van der Waals surface area contributed by atoms with Gasteiger partial charge in [-0.25, -0.2) is 9.59 Å². The molecule has 0 bridgehead atoms. The molecule has 0 radical (unpaired) electrons. The lowest BCUT2D eigenvalue weighted by Gasteiger charge is -2.71. The smallest absolute Gasteiger partial charge is 0.412 e. The molecule has 3 aliphatic rings. The first kappa shape index (κ1) is 27.5. The SMILES string of the molecule is C=C[C@@]1(C)CC(=O)[C@]2(O)[C@@]3(C)[C@@H](O)CCC(C)(C)[C@@H]3C[C@](O)(OC(=O)NOC(=O)CNC)[C@@]2(C)O1. The molecule has 7 atom stereocenters. The lowest BCUT2D eigenvalue weighted by Crippen LogP contribution is -2.87. The minimum Gasteiger partial charge on any atom is -0.412 e. The van der Waals surface area contributed by atoms with E-state index in [1.807, 2.05) is 19.3 Å². The predicted molar refractivity (Wildman–Crippen MR) is 122 cm³/mol. The van der Waals surface area contributed by atoms with Crippen LogP contribution in [0.15, 0.2) is 12.7 Å². The van der Waals surface area contributed by atoms with E-state index in [9.17, 15) is 29.7 Å². The monoisotopic (exact) mass is 498 g/mol. The molecule has 2 saturated carbocycles. The zero-order valence-electron chi connectivity index (χ0n) is 21.3. The summed E-state index contributed by atoms with van der Waals surface area (Å²) >= 11 is 0. The van der Waals surface area contributed by atoms with Gasteiger partial charge in [-0.1, -0.05) is 26.8 Å². The molecule has 1 aliphatic heterocycles. The lowest BCUT2D eigenvalue weighted by molar-refractivity contribution is -0.417. The van der Waals surface area contributed by atoms with Gasteiger partial charge in [0.05, 0.1) is 18.2 Å². The lowest BCUT2D eigenvalue weighted by atomic mass is 9.40. The number of hydroxylamine groups is 1. The third kappa shape index (κ3) is 3.79. The van der Waals surface area contributed by atoms with Crippen LogP contribution >= 0.6 is 0 Å². The molecule has 198 valence electrons. The van der Waals surface area contributed by atoms with Crippen molar-refractivity contribution >= 4 is 17.8 Å². The Morgan fingerprint density at radius 3 is 2.43 bits per heavy atom. The van der Waals surface area contributed by atoms with Crippen molar-refractivity contribution in [2.24, 2.45) is 16.7 Å². The average molecular weight is 499 g/mol. The molecule has 1 heterocycles. The van der Waals surface area contributed by atoms with Crippen LogP contribution in [0.5, 0.6) is 0 Å². The van der Waals surface area contributed by atoms with Crippen molar-refractivity contribution in [1.29, 1.82) is 0 Å². The zero-order valence-corrected chi connectivity index (χ0v) is 21.3. The van der Waals surface area contributed by atoms with Crippen molar-refractivity contribution in [3.63, 3.8) is 0 Å². The van der Waals surface area contributed by atoms with E-state index in [4.69, 9.17) is 9.47 Å². The first-order valence-corrected chi connectivity index (χ1v) is 11.8. The Bertz CT molecular complexity index is 925. The van der Waals surface area contributed by atoms with Gasteiger partial charge in [0, 0.05) is 18.3 Å². The highest BCUT2D eigenvalue weighted by molar-refractivity contribution is 5.92. The van der Waals surface area contributed by atoms with Crippen LogP contribution in [0.2, 0.25) is 0 Å². The summed E-state index contributed by atoms with van der Waals surface area (Å²) in [5, 5.41) is 38.0. The van der Waals surface area contributed by atoms with Crippen LogP contribution in [0.25, 0.3) is 0 Å². The molecule has 35 heavy (non-hydrogen) atoms. The maximum atomic E-state index is 13.8. The zero-order chi connectivity index (χ0) is 26.7. The molecule has 1 amide bonds. The standard InChI is InChI=1S/C24H38N2O9/c1-8-20(4)12-16(28)24(32)21(5)14(19(2,3)10-9-15(21)27)11-23(31,22(24,6)35-20)33-18(30)26-34-17(29)13-25-7/h8,14-15,25,27,31-32H,1,9-13H2,2-7H3,(H,26,30)/t14-,15-,20-,21+,22+,23-,24-/m0/s1. The normalized spacial score (nSPS) is 44.4. The number of hydrogen-bond acceptors (Lipinski definition) is 10. The van der Waals surface area contributed by atoms with Gasteiger partial charge in [-0.2, -0.15) is 0 Å². The van der Waals surface area contributed by atoms with Gasteiger partial charge in [0.1, 0.15) is 0 Å². The number of Topliss-reactive ketones (excluding diaryl/α,β-unsaturated/α-hetero) is 1. The van der Waals surface area contributed by atoms with Gasteiger partial charge in [0.15, 0.2) is 17.0 Å². The highest BCUT2D eigenvalue weighted by Crippen LogP contribution is 2.69. The van der Waals surface area contributed by atoms with Crippen LogP contribution in [-0.2, 0) is 23.9 Å². The molecule has 0 aromatic rings. The summed E-state index contributed by atoms with van der Waals surface area (Å²) in [4.78, 5) is 42.7. The van der Waals surface area contributed by atoms with E-state index in [2.05, 4.69) is 16.7 Å². The van der Waals surface area contributed by atoms with Crippen molar-refractivity contribution in [3.05, 3.63) is 12.7 Å². The van der Waals surface area contributed by atoms with Gasteiger partial charge in [-0.05, 0) is 45.1 Å². The molecule has 3 rings (SSSR count). The first-order valence-electron chi connectivity index (χ1n) is 11.8. The van der Waals surface area contributed by atoms with Crippen LogP contribution in [-0.4, -0.2) is 75.5 Å². The number of fused-ring (bicyclic) bond motifs is 3. The minimum absolute atomic E-state index is 0.191. The Morgan fingerprint density at radius 2 is 1.86 bits per heavy atom. The van der Waals surface area contributed by atoms with Crippen LogP contribution in [0, 0.1) is 16.7 Å². The number of aliphatic hydroxyl groups excluding tert-OH is 1. The van der Waals surface area contributed by atoms with E-state index < -0.39 is 63.3 Å². The second-order valence-electron chi connectivity index (χ2n) is 11.3. The van der Waals surface area contributed by atoms with Gasteiger partial charge >= 0.3 is 12.1 Å². The number of aliphatic hydroxyl groups is 3. The largest absolute Gasteiger partial charge is 0.443 e. The topological polar surface area (TPSA) is 164 Å². The summed E-state index contributed by atoms with van der Waals surface area (Å²) in [6, 6.07) is 0. The molecule has 1 saturated heterocycles. The first-order chi connectivity index (χ1) is 16.0. The number of ketones is 1. The molecule has 0 aromatic carbocycles. The third-order valence-electron chi connectivity index (χ3n) is 8.73. The molecule has 0 unspecified atom stereocenters. The molecule has 5 N–H and O–H groups in total. The maximum absolute atomic E-state index is 13.8. The summed E-state index contributed by atoms with van der Waals surface area (Å²) in [6.45, 7) is 11.8. The molecular formula is C24H38N2O9. The summed E-state index contributed by atoms with van der Waals surface area (Å²) in [7, 11) is 1.51. The Morgan fingerprint density at radius 1 is 1.23 bits per heavy atom. The summed E-state index contributed by atoms with van der Waals surface area (Å²) in [6.07, 6.45) is -0.680. The van der Waals surface area contributed by atoms with E-state index in [0.29, 0.717) is 12.8 Å². The van der Waals surface area contributed by atoms with E-state index in [-0.39, 0.29) is 19.4 Å². The fourth-order valence-corrected chi connectivity index (χ4v) is 6.65. The minimum atomic E-state index is -2.56. The molecule has 2 aliphatic carbocycles. The van der Waals surface area contributed by atoms with E-state index >= 15 is 0 Å². The van der Waals surface area contributed by atoms with Crippen molar-refractivity contribution in [2.75, 3.05) is 13.6 Å². The van der Waals surface area contributed by atoms with Gasteiger partial charge in [-0.15, -0.1) is 12.1 Å². The highest BCUT2D eigenvalue weighted by atomic mass is 16.8. The number of likely N-dealkylation sites (N-methyl/N-ethyl adjacent to an activating group) is 1. The number of ether oxygens (including phenoxy) is 2. The summed E-state index contributed by atoms with van der Waals surface area (Å²) in [5.74, 6) is -4.70. The predicted octanol–water partition coefficient (Wildman–Crippen LogP) is 0.710. The number of hydrogen-bond donors (Lipinski definition) is 5. The highest BCUT2D eigenvalue weighted by Gasteiger charge is 2.83.